The molecule has 38 heavy (non-hydrogen) atoms. The van der Waals surface area contributed by atoms with Crippen LogP contribution in [0.3, 0.4) is 0 Å². The third kappa shape index (κ3) is 7.31. The Balaban J connectivity index is 1.79. The average molecular weight is 641 g/mol. The van der Waals surface area contributed by atoms with Gasteiger partial charge in [0.15, 0.2) is 6.61 Å². The fraction of sp³-hybridized carbons (Fsp3) is 0.143. The summed E-state index contributed by atoms with van der Waals surface area (Å²) < 4.78 is 11.7. The molecule has 10 heteroatoms. The molecule has 3 aromatic rings. The van der Waals surface area contributed by atoms with Crippen molar-refractivity contribution in [1.29, 1.82) is 5.26 Å². The topological polar surface area (TPSA) is 118 Å². The lowest BCUT2D eigenvalue weighted by molar-refractivity contribution is -0.118. The number of nitriles is 1. The Labute approximate surface area is 236 Å². The Kier molecular flexibility index (Phi) is 9.82. The molecule has 2 N–H and O–H groups in total. The molecular formula is C28H23Br2N3O5. The zero-order valence-corrected chi connectivity index (χ0v) is 23.9. The summed E-state index contributed by atoms with van der Waals surface area (Å²) >= 11 is 6.82. The second-order valence-electron chi connectivity index (χ2n) is 8.08. The summed E-state index contributed by atoms with van der Waals surface area (Å²) in [6.07, 6.45) is 1.37. The number of anilines is 2. The summed E-state index contributed by atoms with van der Waals surface area (Å²) in [5.41, 5.74) is 3.61. The fourth-order valence-corrected chi connectivity index (χ4v) is 4.73. The van der Waals surface area contributed by atoms with Gasteiger partial charge in [0.2, 0.25) is 0 Å². The van der Waals surface area contributed by atoms with Crippen molar-refractivity contribution in [2.24, 2.45) is 0 Å². The smallest absolute Gasteiger partial charge is 0.337 e. The highest BCUT2D eigenvalue weighted by Crippen LogP contribution is 2.34. The number of aryl methyl sites for hydroxylation is 1. The van der Waals surface area contributed by atoms with E-state index in [9.17, 15) is 19.6 Å². The van der Waals surface area contributed by atoms with Crippen LogP contribution in [-0.2, 0) is 14.3 Å². The third-order valence-corrected chi connectivity index (χ3v) is 6.54. The van der Waals surface area contributed by atoms with Gasteiger partial charge in [-0.05, 0) is 89.4 Å². The monoisotopic (exact) mass is 639 g/mol. The summed E-state index contributed by atoms with van der Waals surface area (Å²) in [6, 6.07) is 17.0. The van der Waals surface area contributed by atoms with Crippen LogP contribution in [0.5, 0.6) is 5.75 Å². The minimum absolute atomic E-state index is 0.197. The molecule has 2 amide bonds. The van der Waals surface area contributed by atoms with Gasteiger partial charge in [0.1, 0.15) is 17.4 Å². The van der Waals surface area contributed by atoms with Crippen LogP contribution >= 0.6 is 31.9 Å². The second kappa shape index (κ2) is 13.0. The van der Waals surface area contributed by atoms with Crippen molar-refractivity contribution >= 4 is 67.1 Å². The van der Waals surface area contributed by atoms with Crippen LogP contribution in [0.1, 0.15) is 27.0 Å². The highest BCUT2D eigenvalue weighted by atomic mass is 79.9. The minimum Gasteiger partial charge on any atom is -0.482 e. The van der Waals surface area contributed by atoms with Gasteiger partial charge in [-0.2, -0.15) is 5.26 Å². The molecule has 0 aliphatic carbocycles. The van der Waals surface area contributed by atoms with E-state index in [4.69, 9.17) is 4.74 Å². The van der Waals surface area contributed by atoms with E-state index in [2.05, 4.69) is 47.2 Å². The summed E-state index contributed by atoms with van der Waals surface area (Å²) in [4.78, 5) is 37.0. The van der Waals surface area contributed by atoms with Gasteiger partial charge in [0.25, 0.3) is 11.8 Å². The summed E-state index contributed by atoms with van der Waals surface area (Å²) in [6.45, 7) is 3.58. The van der Waals surface area contributed by atoms with Crippen molar-refractivity contribution in [3.05, 3.63) is 91.4 Å². The lowest BCUT2D eigenvalue weighted by atomic mass is 10.1. The number of nitrogens with one attached hydrogen (secondary N) is 2. The molecule has 0 heterocycles. The first-order valence-corrected chi connectivity index (χ1v) is 12.8. The molecule has 0 aliphatic rings. The van der Waals surface area contributed by atoms with E-state index in [1.165, 1.54) is 37.5 Å². The van der Waals surface area contributed by atoms with Crippen molar-refractivity contribution in [3.63, 3.8) is 0 Å². The van der Waals surface area contributed by atoms with Crippen LogP contribution in [0.15, 0.2) is 69.1 Å². The predicted octanol–water partition coefficient (Wildman–Crippen LogP) is 6.18. The summed E-state index contributed by atoms with van der Waals surface area (Å²) in [7, 11) is 1.28. The van der Waals surface area contributed by atoms with Crippen LogP contribution in [0.25, 0.3) is 6.08 Å². The van der Waals surface area contributed by atoms with Crippen molar-refractivity contribution in [2.45, 2.75) is 13.8 Å². The average Bonchev–Trinajstić information content (AvgIpc) is 2.89. The summed E-state index contributed by atoms with van der Waals surface area (Å²) in [5, 5.41) is 15.1. The van der Waals surface area contributed by atoms with Gasteiger partial charge in [-0.15, -0.1) is 0 Å². The first kappa shape index (κ1) is 28.6. The van der Waals surface area contributed by atoms with E-state index in [1.807, 2.05) is 38.1 Å². The summed E-state index contributed by atoms with van der Waals surface area (Å²) in [5.74, 6) is -1.24. The minimum atomic E-state index is -0.659. The number of hydrogen-bond acceptors (Lipinski definition) is 6. The maximum absolute atomic E-state index is 12.8. The van der Waals surface area contributed by atoms with Crippen LogP contribution in [0, 0.1) is 25.2 Å². The maximum Gasteiger partial charge on any atom is 0.337 e. The molecule has 0 aromatic heterocycles. The van der Waals surface area contributed by atoms with Crippen molar-refractivity contribution < 1.29 is 23.9 Å². The molecule has 3 rings (SSSR count). The van der Waals surface area contributed by atoms with Crippen molar-refractivity contribution in [1.82, 2.24) is 0 Å². The van der Waals surface area contributed by atoms with Crippen molar-refractivity contribution in [2.75, 3.05) is 24.4 Å². The van der Waals surface area contributed by atoms with Gasteiger partial charge in [0.05, 0.1) is 17.1 Å². The van der Waals surface area contributed by atoms with Crippen LogP contribution in [0.4, 0.5) is 11.4 Å². The molecule has 0 bridgehead atoms. The lowest BCUT2D eigenvalue weighted by Crippen LogP contribution is -2.21. The number of carbonyl (C=O) groups excluding carboxylic acids is 3. The van der Waals surface area contributed by atoms with Crippen molar-refractivity contribution in [3.8, 4) is 11.8 Å². The number of nitrogens with zero attached hydrogens (tertiary/aromatic N) is 1. The van der Waals surface area contributed by atoms with Crippen LogP contribution in [0.2, 0.25) is 0 Å². The van der Waals surface area contributed by atoms with E-state index in [0.29, 0.717) is 31.4 Å². The van der Waals surface area contributed by atoms with Crippen LogP contribution < -0.4 is 15.4 Å². The molecular weight excluding hydrogens is 618 g/mol. The largest absolute Gasteiger partial charge is 0.482 e. The number of hydrogen-bond donors (Lipinski definition) is 2. The SMILES string of the molecule is COC(=O)c1ccc(NC(=O)/C(C#N)=C\c2cc(Br)cc(Br)c2OCC(=O)Nc2cccc(C)c2C)cc1. The fourth-order valence-electron chi connectivity index (χ4n) is 3.36. The standard InChI is InChI=1S/C28H23Br2N3O5/c1-16-5-4-6-24(17(16)2)33-25(34)15-38-26-19(12-21(29)13-23(26)30)11-20(14-31)27(35)32-22-9-7-18(8-10-22)28(36)37-3/h4-13H,15H2,1-3H3,(H,32,35)(H,33,34)/b20-11-. The molecule has 0 radical (unpaired) electrons. The molecule has 0 unspecified atom stereocenters. The molecule has 8 nitrogen and oxygen atoms in total. The number of halogens is 2. The van der Waals surface area contributed by atoms with E-state index >= 15 is 0 Å². The quantitative estimate of drug-likeness (QED) is 0.173. The first-order valence-electron chi connectivity index (χ1n) is 11.2. The molecule has 0 atom stereocenters. The maximum atomic E-state index is 12.8. The zero-order chi connectivity index (χ0) is 27.8. The molecule has 0 aliphatic heterocycles. The van der Waals surface area contributed by atoms with Gasteiger partial charge >= 0.3 is 5.97 Å². The van der Waals surface area contributed by atoms with Crippen LogP contribution in [-0.4, -0.2) is 31.5 Å². The number of methoxy groups -OCH3 is 1. The molecule has 0 saturated carbocycles. The normalized spacial score (nSPS) is 10.8. The second-order valence-corrected chi connectivity index (χ2v) is 9.85. The van der Waals surface area contributed by atoms with Gasteiger partial charge < -0.3 is 20.1 Å². The number of rotatable bonds is 8. The number of amides is 2. The molecule has 0 fully saturated rings. The number of benzene rings is 3. The Morgan fingerprint density at radius 1 is 1.03 bits per heavy atom. The van der Waals surface area contributed by atoms with Gasteiger partial charge in [-0.25, -0.2) is 4.79 Å². The number of carbonyl (C=O) groups is 3. The van der Waals surface area contributed by atoms with Gasteiger partial charge in [-0.3, -0.25) is 9.59 Å². The highest BCUT2D eigenvalue weighted by molar-refractivity contribution is 9.11. The molecule has 194 valence electrons. The van der Waals surface area contributed by atoms with E-state index in [0.717, 1.165) is 11.1 Å². The Hall–Kier alpha value is -3.94. The molecule has 0 spiro atoms. The van der Waals surface area contributed by atoms with E-state index in [-0.39, 0.29) is 23.8 Å². The zero-order valence-electron chi connectivity index (χ0n) is 20.7. The van der Waals surface area contributed by atoms with E-state index < -0.39 is 11.9 Å². The van der Waals surface area contributed by atoms with Gasteiger partial charge in [0, 0.05) is 21.4 Å². The Morgan fingerprint density at radius 2 is 1.74 bits per heavy atom. The number of esters is 1. The predicted molar refractivity (Wildman–Crippen MR) is 152 cm³/mol. The highest BCUT2D eigenvalue weighted by Gasteiger charge is 2.16. The number of ether oxygens (including phenoxy) is 2. The molecule has 3 aromatic carbocycles. The van der Waals surface area contributed by atoms with E-state index in [1.54, 1.807) is 12.1 Å². The Morgan fingerprint density at radius 3 is 2.39 bits per heavy atom. The lowest BCUT2D eigenvalue weighted by Gasteiger charge is -2.14. The molecule has 0 saturated heterocycles. The Bertz CT molecular complexity index is 1460. The third-order valence-electron chi connectivity index (χ3n) is 5.49. The van der Waals surface area contributed by atoms with Gasteiger partial charge in [-0.1, -0.05) is 28.1 Å². The first-order chi connectivity index (χ1) is 18.1.